The molecular weight excluding hydrogens is 322 g/mol. The van der Waals surface area contributed by atoms with Crippen molar-refractivity contribution in [2.45, 2.75) is 32.2 Å². The number of aromatic amines is 1. The number of unbranched alkanes of at least 4 members (excludes halogenated alkanes) is 1. The molecule has 3 N–H and O–H groups in total. The molecule has 0 saturated carbocycles. The number of hydrogen-bond donors (Lipinski definition) is 3. The SMILES string of the molecule is O=C(O)CCCCN1CCc2nc(-c3ccc(C(=O)O)cc3)[nH]c2C1. The normalized spacial score (nSPS) is 14.2. The van der Waals surface area contributed by atoms with Crippen molar-refractivity contribution in [2.75, 3.05) is 13.1 Å². The van der Waals surface area contributed by atoms with Gasteiger partial charge >= 0.3 is 11.9 Å². The van der Waals surface area contributed by atoms with Gasteiger partial charge in [0, 0.05) is 31.5 Å². The Morgan fingerprint density at radius 3 is 2.60 bits per heavy atom. The van der Waals surface area contributed by atoms with Crippen molar-refractivity contribution in [3.8, 4) is 11.4 Å². The Bertz CT molecular complexity index is 767. The van der Waals surface area contributed by atoms with Gasteiger partial charge in [-0.2, -0.15) is 0 Å². The Morgan fingerprint density at radius 2 is 1.92 bits per heavy atom. The molecule has 1 aliphatic rings. The minimum atomic E-state index is -0.941. The highest BCUT2D eigenvalue weighted by Crippen LogP contribution is 2.23. The minimum absolute atomic E-state index is 0.222. The summed E-state index contributed by atoms with van der Waals surface area (Å²) in [4.78, 5) is 31.8. The summed E-state index contributed by atoms with van der Waals surface area (Å²) >= 11 is 0. The van der Waals surface area contributed by atoms with Crippen LogP contribution in [0.1, 0.15) is 41.0 Å². The molecule has 2 heterocycles. The molecular formula is C18H21N3O4. The summed E-state index contributed by atoms with van der Waals surface area (Å²) in [5.41, 5.74) is 3.26. The van der Waals surface area contributed by atoms with Crippen molar-refractivity contribution in [2.24, 2.45) is 0 Å². The maximum absolute atomic E-state index is 10.9. The highest BCUT2D eigenvalue weighted by Gasteiger charge is 2.20. The first-order valence-corrected chi connectivity index (χ1v) is 8.38. The molecule has 0 atom stereocenters. The molecule has 132 valence electrons. The molecule has 7 heteroatoms. The van der Waals surface area contributed by atoms with Crippen molar-refractivity contribution in [1.29, 1.82) is 0 Å². The molecule has 0 bridgehead atoms. The van der Waals surface area contributed by atoms with E-state index in [1.165, 1.54) is 0 Å². The van der Waals surface area contributed by atoms with Crippen molar-refractivity contribution >= 4 is 11.9 Å². The van der Waals surface area contributed by atoms with Gasteiger partial charge in [0.25, 0.3) is 0 Å². The Balaban J connectivity index is 1.62. The zero-order chi connectivity index (χ0) is 17.8. The fraction of sp³-hybridized carbons (Fsp3) is 0.389. The van der Waals surface area contributed by atoms with Crippen LogP contribution in [0.3, 0.4) is 0 Å². The fourth-order valence-corrected chi connectivity index (χ4v) is 3.06. The molecule has 3 rings (SSSR count). The van der Waals surface area contributed by atoms with E-state index in [2.05, 4.69) is 14.9 Å². The number of carboxylic acids is 2. The number of aromatic carboxylic acids is 1. The first kappa shape index (κ1) is 17.2. The van der Waals surface area contributed by atoms with E-state index in [4.69, 9.17) is 10.2 Å². The van der Waals surface area contributed by atoms with Crippen LogP contribution >= 0.6 is 0 Å². The first-order chi connectivity index (χ1) is 12.0. The number of carboxylic acid groups (broad SMARTS) is 2. The summed E-state index contributed by atoms with van der Waals surface area (Å²) in [7, 11) is 0. The molecule has 1 aliphatic heterocycles. The third-order valence-electron chi connectivity index (χ3n) is 4.43. The maximum Gasteiger partial charge on any atom is 0.335 e. The number of H-pyrrole nitrogens is 1. The standard InChI is InChI=1S/C18H21N3O4/c22-16(23)3-1-2-9-21-10-8-14-15(11-21)20-17(19-14)12-4-6-13(7-5-12)18(24)25/h4-7H,1-3,8-11H2,(H,19,20)(H,22,23)(H,24,25). The minimum Gasteiger partial charge on any atom is -0.481 e. The number of nitrogens with one attached hydrogen (secondary N) is 1. The summed E-state index contributed by atoms with van der Waals surface area (Å²) < 4.78 is 0. The average molecular weight is 343 g/mol. The molecule has 0 saturated heterocycles. The van der Waals surface area contributed by atoms with Crippen LogP contribution in [0.5, 0.6) is 0 Å². The van der Waals surface area contributed by atoms with E-state index in [9.17, 15) is 9.59 Å². The quantitative estimate of drug-likeness (QED) is 0.667. The second kappa shape index (κ2) is 7.48. The molecule has 0 aliphatic carbocycles. The first-order valence-electron chi connectivity index (χ1n) is 8.38. The van der Waals surface area contributed by atoms with E-state index in [0.29, 0.717) is 6.42 Å². The van der Waals surface area contributed by atoms with Gasteiger partial charge in [0.1, 0.15) is 5.82 Å². The Labute approximate surface area is 145 Å². The van der Waals surface area contributed by atoms with Gasteiger partial charge in [0.05, 0.1) is 17.0 Å². The second-order valence-electron chi connectivity index (χ2n) is 6.27. The topological polar surface area (TPSA) is 107 Å². The Hall–Kier alpha value is -2.67. The van der Waals surface area contributed by atoms with Crippen molar-refractivity contribution in [1.82, 2.24) is 14.9 Å². The molecule has 0 fully saturated rings. The van der Waals surface area contributed by atoms with Gasteiger partial charge in [-0.3, -0.25) is 9.69 Å². The summed E-state index contributed by atoms with van der Waals surface area (Å²) in [6, 6.07) is 6.68. The van der Waals surface area contributed by atoms with Gasteiger partial charge in [-0.1, -0.05) is 12.1 Å². The second-order valence-corrected chi connectivity index (χ2v) is 6.27. The molecule has 0 radical (unpaired) electrons. The highest BCUT2D eigenvalue weighted by molar-refractivity contribution is 5.88. The molecule has 0 amide bonds. The number of fused-ring (bicyclic) bond motifs is 1. The van der Waals surface area contributed by atoms with Crippen molar-refractivity contribution in [3.05, 3.63) is 41.2 Å². The predicted molar refractivity (Wildman–Crippen MR) is 91.5 cm³/mol. The molecule has 0 spiro atoms. The van der Waals surface area contributed by atoms with Crippen LogP contribution in [0.25, 0.3) is 11.4 Å². The third-order valence-corrected chi connectivity index (χ3v) is 4.43. The number of imidazole rings is 1. The summed E-state index contributed by atoms with van der Waals surface area (Å²) in [5.74, 6) is -0.924. The highest BCUT2D eigenvalue weighted by atomic mass is 16.4. The number of aliphatic carboxylic acids is 1. The number of aromatic nitrogens is 2. The lowest BCUT2D eigenvalue weighted by atomic mass is 10.1. The third kappa shape index (κ3) is 4.24. The summed E-state index contributed by atoms with van der Waals surface area (Å²) in [5, 5.41) is 17.6. The zero-order valence-electron chi connectivity index (χ0n) is 13.9. The molecule has 1 aromatic carbocycles. The fourth-order valence-electron chi connectivity index (χ4n) is 3.06. The molecule has 0 unspecified atom stereocenters. The molecule has 7 nitrogen and oxygen atoms in total. The van der Waals surface area contributed by atoms with Crippen LogP contribution in [0, 0.1) is 0 Å². The van der Waals surface area contributed by atoms with Crippen LogP contribution in [-0.4, -0.2) is 50.1 Å². The van der Waals surface area contributed by atoms with E-state index in [0.717, 1.165) is 55.3 Å². The van der Waals surface area contributed by atoms with Gasteiger partial charge in [0.2, 0.25) is 0 Å². The smallest absolute Gasteiger partial charge is 0.335 e. The number of carbonyl (C=O) groups is 2. The van der Waals surface area contributed by atoms with Gasteiger partial charge in [-0.25, -0.2) is 9.78 Å². The van der Waals surface area contributed by atoms with Crippen molar-refractivity contribution < 1.29 is 19.8 Å². The number of hydrogen-bond acceptors (Lipinski definition) is 4. The van der Waals surface area contributed by atoms with Crippen LogP contribution in [0.15, 0.2) is 24.3 Å². The molecule has 1 aromatic heterocycles. The van der Waals surface area contributed by atoms with Gasteiger partial charge < -0.3 is 15.2 Å². The Morgan fingerprint density at radius 1 is 1.16 bits per heavy atom. The lowest BCUT2D eigenvalue weighted by Gasteiger charge is -2.25. The summed E-state index contributed by atoms with van der Waals surface area (Å²) in [6.45, 7) is 2.58. The zero-order valence-corrected chi connectivity index (χ0v) is 13.9. The largest absolute Gasteiger partial charge is 0.481 e. The van der Waals surface area contributed by atoms with Gasteiger partial charge in [-0.05, 0) is 31.5 Å². The predicted octanol–water partition coefficient (Wildman–Crippen LogP) is 2.39. The number of benzene rings is 1. The number of nitrogens with zero attached hydrogens (tertiary/aromatic N) is 2. The maximum atomic E-state index is 10.9. The average Bonchev–Trinajstić information content (AvgIpc) is 3.02. The van der Waals surface area contributed by atoms with Gasteiger partial charge in [-0.15, -0.1) is 0 Å². The monoisotopic (exact) mass is 343 g/mol. The van der Waals surface area contributed by atoms with Gasteiger partial charge in [0.15, 0.2) is 0 Å². The van der Waals surface area contributed by atoms with E-state index in [1.54, 1.807) is 24.3 Å². The van der Waals surface area contributed by atoms with Crippen LogP contribution in [-0.2, 0) is 17.8 Å². The van der Waals surface area contributed by atoms with E-state index in [1.807, 2.05) is 0 Å². The van der Waals surface area contributed by atoms with Crippen LogP contribution in [0.2, 0.25) is 0 Å². The number of rotatable bonds is 7. The lowest BCUT2D eigenvalue weighted by molar-refractivity contribution is -0.137. The Kier molecular flexibility index (Phi) is 5.14. The van der Waals surface area contributed by atoms with Crippen molar-refractivity contribution in [3.63, 3.8) is 0 Å². The summed E-state index contributed by atoms with van der Waals surface area (Å²) in [6.07, 6.45) is 2.65. The van der Waals surface area contributed by atoms with E-state index >= 15 is 0 Å². The van der Waals surface area contributed by atoms with E-state index in [-0.39, 0.29) is 12.0 Å². The van der Waals surface area contributed by atoms with Crippen LogP contribution < -0.4 is 0 Å². The van der Waals surface area contributed by atoms with Crippen LogP contribution in [0.4, 0.5) is 0 Å². The molecule has 2 aromatic rings. The molecule has 25 heavy (non-hydrogen) atoms. The van der Waals surface area contributed by atoms with E-state index < -0.39 is 11.9 Å². The lowest BCUT2D eigenvalue weighted by Crippen LogP contribution is -2.31.